The smallest absolute Gasteiger partial charge is 0.318 e. The Bertz CT molecular complexity index is 384. The summed E-state index contributed by atoms with van der Waals surface area (Å²) in [5, 5.41) is 0. The summed E-state index contributed by atoms with van der Waals surface area (Å²) in [5.74, 6) is 1.16. The summed E-state index contributed by atoms with van der Waals surface area (Å²) < 4.78 is 4.75. The molecule has 0 amide bonds. The maximum Gasteiger partial charge on any atom is 0.318 e. The first-order valence-electron chi connectivity index (χ1n) is 5.21. The molecule has 0 spiro atoms. The van der Waals surface area contributed by atoms with Crippen LogP contribution in [-0.4, -0.2) is 11.9 Å². The van der Waals surface area contributed by atoms with Gasteiger partial charge in [-0.15, -0.1) is 0 Å². The zero-order chi connectivity index (χ0) is 9.45. The minimum absolute atomic E-state index is 0.105. The number of fused-ring (bicyclic) bond motifs is 5. The number of hydrogen-bond acceptors (Lipinski definition) is 3. The van der Waals surface area contributed by atoms with Gasteiger partial charge in [0.05, 0.1) is 11.8 Å². The van der Waals surface area contributed by atoms with Gasteiger partial charge in [0.15, 0.2) is 0 Å². The molecule has 4 rings (SSSR count). The minimum atomic E-state index is -0.277. The van der Waals surface area contributed by atoms with Crippen LogP contribution >= 0.6 is 0 Å². The van der Waals surface area contributed by atoms with Crippen molar-refractivity contribution in [2.75, 3.05) is 0 Å². The quantitative estimate of drug-likeness (QED) is 0.321. The summed E-state index contributed by atoms with van der Waals surface area (Å²) in [7, 11) is 0. The molecular weight excluding hydrogens is 180 g/mol. The van der Waals surface area contributed by atoms with Crippen molar-refractivity contribution in [2.45, 2.75) is 6.42 Å². The number of cyclic esters (lactones) is 2. The Kier molecular flexibility index (Phi) is 1.00. The van der Waals surface area contributed by atoms with Crippen LogP contribution in [0.5, 0.6) is 0 Å². The normalized spacial score (nSPS) is 56.9. The van der Waals surface area contributed by atoms with Crippen LogP contribution in [0, 0.1) is 35.5 Å². The molecule has 3 aliphatic carbocycles. The molecule has 3 nitrogen and oxygen atoms in total. The molecule has 2 bridgehead atoms. The van der Waals surface area contributed by atoms with Gasteiger partial charge in [0, 0.05) is 0 Å². The zero-order valence-corrected chi connectivity index (χ0v) is 7.55. The van der Waals surface area contributed by atoms with Gasteiger partial charge in [0.25, 0.3) is 0 Å². The number of ether oxygens (including phenoxy) is 1. The maximum absolute atomic E-state index is 11.5. The van der Waals surface area contributed by atoms with E-state index in [1.165, 1.54) is 0 Å². The van der Waals surface area contributed by atoms with Gasteiger partial charge in [0.2, 0.25) is 0 Å². The molecule has 1 aliphatic heterocycles. The number of carbonyl (C=O) groups excluding carboxylic acids is 2. The summed E-state index contributed by atoms with van der Waals surface area (Å²) in [5.41, 5.74) is 0. The Morgan fingerprint density at radius 1 is 1.14 bits per heavy atom. The van der Waals surface area contributed by atoms with Crippen LogP contribution in [0.15, 0.2) is 12.2 Å². The van der Waals surface area contributed by atoms with Gasteiger partial charge >= 0.3 is 11.9 Å². The van der Waals surface area contributed by atoms with Crippen LogP contribution < -0.4 is 0 Å². The van der Waals surface area contributed by atoms with Crippen LogP contribution in [0.1, 0.15) is 6.42 Å². The average molecular weight is 190 g/mol. The molecule has 1 heterocycles. The lowest BCUT2D eigenvalue weighted by Crippen LogP contribution is -2.31. The lowest BCUT2D eigenvalue weighted by Gasteiger charge is -2.26. The molecule has 0 aromatic carbocycles. The average Bonchev–Trinajstić information content (AvgIpc) is 2.84. The molecule has 6 atom stereocenters. The van der Waals surface area contributed by atoms with Crippen molar-refractivity contribution >= 4 is 11.9 Å². The van der Waals surface area contributed by atoms with Gasteiger partial charge < -0.3 is 4.74 Å². The Balaban J connectivity index is 1.86. The van der Waals surface area contributed by atoms with Crippen LogP contribution in [0.3, 0.4) is 0 Å². The molecular formula is C11H10O3. The molecule has 0 N–H and O–H groups in total. The SMILES string of the molecule is O=C1OC(=O)C2C1C1C=CC3C(C1)C32. The first-order chi connectivity index (χ1) is 6.77. The third-order valence-corrected chi connectivity index (χ3v) is 4.43. The topological polar surface area (TPSA) is 43.4 Å². The fraction of sp³-hybridized carbons (Fsp3) is 0.636. The highest BCUT2D eigenvalue weighted by atomic mass is 16.6. The van der Waals surface area contributed by atoms with Gasteiger partial charge in [-0.2, -0.15) is 0 Å². The van der Waals surface area contributed by atoms with E-state index in [0.717, 1.165) is 6.42 Å². The molecule has 6 unspecified atom stereocenters. The van der Waals surface area contributed by atoms with Gasteiger partial charge in [-0.1, -0.05) is 12.2 Å². The summed E-state index contributed by atoms with van der Waals surface area (Å²) in [6, 6.07) is 0. The van der Waals surface area contributed by atoms with E-state index >= 15 is 0 Å². The molecule has 1 saturated heterocycles. The monoisotopic (exact) mass is 190 g/mol. The lowest BCUT2D eigenvalue weighted by atomic mass is 9.73. The van der Waals surface area contributed by atoms with Gasteiger partial charge in [-0.3, -0.25) is 9.59 Å². The maximum atomic E-state index is 11.5. The summed E-state index contributed by atoms with van der Waals surface area (Å²) >= 11 is 0. The van der Waals surface area contributed by atoms with Gasteiger partial charge in [0.1, 0.15) is 0 Å². The number of rotatable bonds is 0. The predicted octanol–water partition coefficient (Wildman–Crippen LogP) is 0.754. The number of carbonyl (C=O) groups is 2. The van der Waals surface area contributed by atoms with Crippen molar-refractivity contribution in [3.05, 3.63) is 12.2 Å². The van der Waals surface area contributed by atoms with Crippen molar-refractivity contribution in [1.29, 1.82) is 0 Å². The van der Waals surface area contributed by atoms with Crippen molar-refractivity contribution in [1.82, 2.24) is 0 Å². The Hall–Kier alpha value is -1.12. The van der Waals surface area contributed by atoms with Gasteiger partial charge in [-0.05, 0) is 30.1 Å². The van der Waals surface area contributed by atoms with Crippen LogP contribution in [0.2, 0.25) is 0 Å². The third-order valence-electron chi connectivity index (χ3n) is 4.43. The molecule has 72 valence electrons. The standard InChI is InChI=1S/C11H10O3/c12-10-7-4-1-2-5-6(3-4)8(5)9(7)11(13)14-10/h1-2,4-9H,3H2. The molecule has 0 radical (unpaired) electrons. The Labute approximate surface area is 81.1 Å². The lowest BCUT2D eigenvalue weighted by molar-refractivity contribution is -0.154. The van der Waals surface area contributed by atoms with E-state index in [-0.39, 0.29) is 29.7 Å². The molecule has 2 saturated carbocycles. The fourth-order valence-corrected chi connectivity index (χ4v) is 3.82. The highest BCUT2D eigenvalue weighted by Crippen LogP contribution is 2.66. The van der Waals surface area contributed by atoms with Gasteiger partial charge in [-0.25, -0.2) is 0 Å². The second-order valence-electron chi connectivity index (χ2n) is 4.89. The molecule has 4 aliphatic rings. The van der Waals surface area contributed by atoms with E-state index in [2.05, 4.69) is 12.2 Å². The second kappa shape index (κ2) is 1.95. The van der Waals surface area contributed by atoms with E-state index < -0.39 is 0 Å². The number of hydrogen-bond donors (Lipinski definition) is 0. The van der Waals surface area contributed by atoms with E-state index in [1.807, 2.05) is 0 Å². The van der Waals surface area contributed by atoms with Crippen molar-refractivity contribution in [3.63, 3.8) is 0 Å². The third kappa shape index (κ3) is 0.606. The molecule has 0 aromatic heterocycles. The summed E-state index contributed by atoms with van der Waals surface area (Å²) in [4.78, 5) is 23.0. The van der Waals surface area contributed by atoms with Crippen molar-refractivity contribution in [2.24, 2.45) is 35.5 Å². The van der Waals surface area contributed by atoms with E-state index in [0.29, 0.717) is 17.8 Å². The first kappa shape index (κ1) is 7.21. The van der Waals surface area contributed by atoms with E-state index in [9.17, 15) is 9.59 Å². The van der Waals surface area contributed by atoms with E-state index in [1.54, 1.807) is 0 Å². The Morgan fingerprint density at radius 3 is 2.79 bits per heavy atom. The largest absolute Gasteiger partial charge is 0.393 e. The molecule has 3 fully saturated rings. The second-order valence-corrected chi connectivity index (χ2v) is 4.89. The molecule has 0 aromatic rings. The molecule has 3 heteroatoms. The summed E-state index contributed by atoms with van der Waals surface area (Å²) in [6.45, 7) is 0. The highest BCUT2D eigenvalue weighted by molar-refractivity contribution is 5.97. The van der Waals surface area contributed by atoms with E-state index in [4.69, 9.17) is 4.74 Å². The van der Waals surface area contributed by atoms with Crippen molar-refractivity contribution in [3.8, 4) is 0 Å². The molecule has 14 heavy (non-hydrogen) atoms. The predicted molar refractivity (Wildman–Crippen MR) is 45.8 cm³/mol. The van der Waals surface area contributed by atoms with Crippen LogP contribution in [0.4, 0.5) is 0 Å². The van der Waals surface area contributed by atoms with Crippen LogP contribution in [0.25, 0.3) is 0 Å². The Morgan fingerprint density at radius 2 is 1.93 bits per heavy atom. The number of esters is 2. The highest BCUT2D eigenvalue weighted by Gasteiger charge is 2.68. The van der Waals surface area contributed by atoms with Crippen LogP contribution in [-0.2, 0) is 14.3 Å². The minimum Gasteiger partial charge on any atom is -0.393 e. The number of allylic oxidation sites excluding steroid dienone is 2. The fourth-order valence-electron chi connectivity index (χ4n) is 3.82. The zero-order valence-electron chi connectivity index (χ0n) is 7.55. The summed E-state index contributed by atoms with van der Waals surface area (Å²) in [6.07, 6.45) is 5.43. The first-order valence-corrected chi connectivity index (χ1v) is 5.21. The van der Waals surface area contributed by atoms with Crippen molar-refractivity contribution < 1.29 is 14.3 Å².